The minimum absolute atomic E-state index is 0.138. The minimum Gasteiger partial charge on any atom is -0.454 e. The summed E-state index contributed by atoms with van der Waals surface area (Å²) in [4.78, 5) is 13.0. The van der Waals surface area contributed by atoms with E-state index >= 15 is 0 Å². The number of nitrogens with one attached hydrogen (secondary N) is 1. The predicted octanol–water partition coefficient (Wildman–Crippen LogP) is 3.22. The van der Waals surface area contributed by atoms with E-state index in [1.165, 1.54) is 4.31 Å². The van der Waals surface area contributed by atoms with Crippen LogP contribution in [0.5, 0.6) is 11.5 Å². The van der Waals surface area contributed by atoms with Crippen LogP contribution in [0.1, 0.15) is 24.5 Å². The van der Waals surface area contributed by atoms with Crippen LogP contribution in [0.4, 0.5) is 11.4 Å². The first-order chi connectivity index (χ1) is 13.2. The van der Waals surface area contributed by atoms with E-state index in [9.17, 15) is 13.2 Å². The van der Waals surface area contributed by atoms with Crippen molar-refractivity contribution in [3.05, 3.63) is 47.5 Å². The van der Waals surface area contributed by atoms with E-state index in [1.54, 1.807) is 37.3 Å². The first-order valence-electron chi connectivity index (χ1n) is 8.98. The Kier molecular flexibility index (Phi) is 5.51. The van der Waals surface area contributed by atoms with Crippen molar-refractivity contribution in [2.45, 2.75) is 33.2 Å². The molecule has 0 aromatic heterocycles. The van der Waals surface area contributed by atoms with Crippen molar-refractivity contribution in [2.24, 2.45) is 0 Å². The quantitative estimate of drug-likeness (QED) is 0.799. The lowest BCUT2D eigenvalue weighted by Crippen LogP contribution is -2.47. The SMILES string of the molecule is CCC(C(=O)Nc1ccc2c(c1)OCO2)N(c1ccc(C)c(C)c1)S(C)(=O)=O. The molecule has 28 heavy (non-hydrogen) atoms. The molecule has 3 rings (SSSR count). The highest BCUT2D eigenvalue weighted by atomic mass is 32.2. The summed E-state index contributed by atoms with van der Waals surface area (Å²) in [6, 6.07) is 9.53. The summed E-state index contributed by atoms with van der Waals surface area (Å²) in [5, 5.41) is 2.79. The molecule has 1 aliphatic heterocycles. The number of hydrogen-bond donors (Lipinski definition) is 1. The van der Waals surface area contributed by atoms with Gasteiger partial charge in [-0.05, 0) is 55.7 Å². The third-order valence-corrected chi connectivity index (χ3v) is 5.89. The van der Waals surface area contributed by atoms with E-state index in [2.05, 4.69) is 5.32 Å². The number of anilines is 2. The number of carbonyl (C=O) groups is 1. The summed E-state index contributed by atoms with van der Waals surface area (Å²) < 4.78 is 36.9. The maximum atomic E-state index is 13.0. The van der Waals surface area contributed by atoms with Gasteiger partial charge in [-0.2, -0.15) is 0 Å². The Balaban J connectivity index is 1.91. The zero-order valence-corrected chi connectivity index (χ0v) is 17.2. The minimum atomic E-state index is -3.68. The molecule has 1 unspecified atom stereocenters. The van der Waals surface area contributed by atoms with E-state index in [0.717, 1.165) is 17.4 Å². The molecule has 1 heterocycles. The van der Waals surface area contributed by atoms with Gasteiger partial charge in [0.15, 0.2) is 11.5 Å². The van der Waals surface area contributed by atoms with Crippen molar-refractivity contribution >= 4 is 27.3 Å². The van der Waals surface area contributed by atoms with Gasteiger partial charge < -0.3 is 14.8 Å². The fourth-order valence-corrected chi connectivity index (χ4v) is 4.33. The van der Waals surface area contributed by atoms with Crippen molar-refractivity contribution in [1.82, 2.24) is 0 Å². The van der Waals surface area contributed by atoms with Crippen LogP contribution in [0.15, 0.2) is 36.4 Å². The van der Waals surface area contributed by atoms with Gasteiger partial charge in [0.1, 0.15) is 6.04 Å². The molecule has 1 amide bonds. The van der Waals surface area contributed by atoms with Crippen LogP contribution in [0.2, 0.25) is 0 Å². The van der Waals surface area contributed by atoms with Crippen LogP contribution in [-0.2, 0) is 14.8 Å². The number of rotatable bonds is 6. The second-order valence-electron chi connectivity index (χ2n) is 6.81. The van der Waals surface area contributed by atoms with Gasteiger partial charge in [0, 0.05) is 11.8 Å². The van der Waals surface area contributed by atoms with Gasteiger partial charge in [0.25, 0.3) is 0 Å². The molecule has 0 fully saturated rings. The monoisotopic (exact) mass is 404 g/mol. The number of aryl methyl sites for hydroxylation is 2. The normalized spacial score (nSPS) is 13.9. The van der Waals surface area contributed by atoms with Gasteiger partial charge >= 0.3 is 0 Å². The Morgan fingerprint density at radius 3 is 2.46 bits per heavy atom. The fraction of sp³-hybridized carbons (Fsp3) is 0.350. The largest absolute Gasteiger partial charge is 0.454 e. The zero-order chi connectivity index (χ0) is 20.5. The number of benzene rings is 2. The molecule has 1 N–H and O–H groups in total. The van der Waals surface area contributed by atoms with Crippen LogP contribution in [-0.4, -0.2) is 33.4 Å². The molecule has 0 radical (unpaired) electrons. The molecule has 0 spiro atoms. The number of ether oxygens (including phenoxy) is 2. The van der Waals surface area contributed by atoms with Crippen molar-refractivity contribution in [3.63, 3.8) is 0 Å². The van der Waals surface area contributed by atoms with Gasteiger partial charge in [-0.25, -0.2) is 8.42 Å². The number of fused-ring (bicyclic) bond motifs is 1. The summed E-state index contributed by atoms with van der Waals surface area (Å²) >= 11 is 0. The van der Waals surface area contributed by atoms with Crippen molar-refractivity contribution in [3.8, 4) is 11.5 Å². The van der Waals surface area contributed by atoms with Crippen molar-refractivity contribution in [1.29, 1.82) is 0 Å². The molecule has 0 bridgehead atoms. The smallest absolute Gasteiger partial charge is 0.248 e. The van der Waals surface area contributed by atoms with Gasteiger partial charge in [-0.1, -0.05) is 13.0 Å². The molecular weight excluding hydrogens is 380 g/mol. The molecule has 0 saturated heterocycles. The lowest BCUT2D eigenvalue weighted by atomic mass is 10.1. The Morgan fingerprint density at radius 1 is 1.11 bits per heavy atom. The molecule has 0 aliphatic carbocycles. The van der Waals surface area contributed by atoms with E-state index in [0.29, 0.717) is 29.3 Å². The highest BCUT2D eigenvalue weighted by Crippen LogP contribution is 2.34. The molecule has 7 nitrogen and oxygen atoms in total. The molecule has 150 valence electrons. The van der Waals surface area contributed by atoms with E-state index in [4.69, 9.17) is 9.47 Å². The number of carbonyl (C=O) groups excluding carboxylic acids is 1. The van der Waals surface area contributed by atoms with Gasteiger partial charge in [-0.3, -0.25) is 9.10 Å². The maximum absolute atomic E-state index is 13.0. The Bertz CT molecular complexity index is 1000. The van der Waals surface area contributed by atoms with Gasteiger partial charge in [0.2, 0.25) is 22.7 Å². The van der Waals surface area contributed by atoms with Crippen LogP contribution in [0.25, 0.3) is 0 Å². The van der Waals surface area contributed by atoms with E-state index < -0.39 is 22.0 Å². The summed E-state index contributed by atoms with van der Waals surface area (Å²) in [7, 11) is -3.68. The average molecular weight is 404 g/mol. The second kappa shape index (κ2) is 7.71. The van der Waals surface area contributed by atoms with E-state index in [-0.39, 0.29) is 6.79 Å². The molecule has 0 saturated carbocycles. The van der Waals surface area contributed by atoms with Gasteiger partial charge in [-0.15, -0.1) is 0 Å². The molecule has 1 aliphatic rings. The lowest BCUT2D eigenvalue weighted by molar-refractivity contribution is -0.117. The Labute approximate surface area is 165 Å². The van der Waals surface area contributed by atoms with Crippen LogP contribution < -0.4 is 19.1 Å². The van der Waals surface area contributed by atoms with Crippen LogP contribution in [0.3, 0.4) is 0 Å². The van der Waals surface area contributed by atoms with Crippen molar-refractivity contribution < 1.29 is 22.7 Å². The summed E-state index contributed by atoms with van der Waals surface area (Å²) in [5.74, 6) is 0.739. The van der Waals surface area contributed by atoms with E-state index in [1.807, 2.05) is 19.9 Å². The number of amides is 1. The number of hydrogen-bond acceptors (Lipinski definition) is 5. The van der Waals surface area contributed by atoms with Crippen LogP contribution >= 0.6 is 0 Å². The first kappa shape index (κ1) is 20.0. The van der Waals surface area contributed by atoms with Crippen LogP contribution in [0, 0.1) is 13.8 Å². The standard InChI is InChI=1S/C20H24N2O5S/c1-5-17(20(23)21-15-7-9-18-19(11-15)27-12-26-18)22(28(4,24)25)16-8-6-13(2)14(3)10-16/h6-11,17H,5,12H2,1-4H3,(H,21,23). The Hall–Kier alpha value is -2.74. The molecule has 1 atom stereocenters. The van der Waals surface area contributed by atoms with Gasteiger partial charge in [0.05, 0.1) is 11.9 Å². The predicted molar refractivity (Wildman–Crippen MR) is 109 cm³/mol. The topological polar surface area (TPSA) is 84.9 Å². The second-order valence-corrected chi connectivity index (χ2v) is 8.67. The zero-order valence-electron chi connectivity index (χ0n) is 16.4. The summed E-state index contributed by atoms with van der Waals surface area (Å²) in [6.07, 6.45) is 1.43. The molecule has 2 aromatic carbocycles. The summed E-state index contributed by atoms with van der Waals surface area (Å²) in [5.41, 5.74) is 2.99. The first-order valence-corrected chi connectivity index (χ1v) is 10.8. The summed E-state index contributed by atoms with van der Waals surface area (Å²) in [6.45, 7) is 5.78. The molecule has 2 aromatic rings. The third kappa shape index (κ3) is 4.06. The van der Waals surface area contributed by atoms with Crippen molar-refractivity contribution in [2.75, 3.05) is 22.7 Å². The number of sulfonamides is 1. The average Bonchev–Trinajstić information content (AvgIpc) is 3.08. The fourth-order valence-electron chi connectivity index (χ4n) is 3.12. The molecule has 8 heteroatoms. The molecular formula is C20H24N2O5S. The highest BCUT2D eigenvalue weighted by Gasteiger charge is 2.32. The highest BCUT2D eigenvalue weighted by molar-refractivity contribution is 7.92. The maximum Gasteiger partial charge on any atom is 0.248 e. The Morgan fingerprint density at radius 2 is 1.82 bits per heavy atom. The lowest BCUT2D eigenvalue weighted by Gasteiger charge is -2.30. The third-order valence-electron chi connectivity index (χ3n) is 4.71. The number of nitrogens with zero attached hydrogens (tertiary/aromatic N) is 1.